The quantitative estimate of drug-likeness (QED) is 0.602. The molecule has 1 rings (SSSR count). The Bertz CT molecular complexity index is 206. The summed E-state index contributed by atoms with van der Waals surface area (Å²) in [5, 5.41) is 10.4. The van der Waals surface area contributed by atoms with E-state index in [1.807, 2.05) is 26.4 Å². The van der Waals surface area contributed by atoms with Gasteiger partial charge in [0, 0.05) is 32.4 Å². The molecule has 0 atom stereocenters. The van der Waals surface area contributed by atoms with Crippen LogP contribution in [-0.2, 0) is 7.05 Å². The van der Waals surface area contributed by atoms with E-state index >= 15 is 0 Å². The Morgan fingerprint density at radius 3 is 2.91 bits per heavy atom. The Balaban J connectivity index is 2.27. The van der Waals surface area contributed by atoms with Crippen LogP contribution in [0.1, 0.15) is 0 Å². The van der Waals surface area contributed by atoms with Gasteiger partial charge in [-0.2, -0.15) is 5.10 Å². The predicted octanol–water partition coefficient (Wildman–Crippen LogP) is 0.0514. The third-order valence-electron chi connectivity index (χ3n) is 1.39. The minimum Gasteiger partial charge on any atom is -0.367 e. The monoisotopic (exact) mass is 154 g/mol. The van der Waals surface area contributed by atoms with Crippen LogP contribution in [0.15, 0.2) is 12.3 Å². The second-order valence-corrected chi connectivity index (χ2v) is 2.40. The molecular formula is C7H14N4. The Labute approximate surface area is 66.6 Å². The molecule has 1 heterocycles. The third-order valence-corrected chi connectivity index (χ3v) is 1.39. The molecule has 4 heteroatoms. The lowest BCUT2D eigenvalue weighted by Crippen LogP contribution is -2.17. The highest BCUT2D eigenvalue weighted by molar-refractivity contribution is 5.31. The molecule has 11 heavy (non-hydrogen) atoms. The molecule has 0 radical (unpaired) electrons. The first-order valence-corrected chi connectivity index (χ1v) is 3.71. The average molecular weight is 154 g/mol. The maximum absolute atomic E-state index is 4.16. The number of hydrogen-bond donors (Lipinski definition) is 2. The molecule has 0 bridgehead atoms. The molecule has 0 aliphatic heterocycles. The van der Waals surface area contributed by atoms with E-state index in [0.29, 0.717) is 0 Å². The van der Waals surface area contributed by atoms with Gasteiger partial charge in [0.15, 0.2) is 0 Å². The summed E-state index contributed by atoms with van der Waals surface area (Å²) in [6.45, 7) is 1.87. The smallest absolute Gasteiger partial charge is 0.148 e. The number of aromatic nitrogens is 2. The van der Waals surface area contributed by atoms with Crippen molar-refractivity contribution in [2.45, 2.75) is 0 Å². The lowest BCUT2D eigenvalue weighted by molar-refractivity contribution is 0.763. The number of rotatable bonds is 4. The first-order chi connectivity index (χ1) is 5.33. The Morgan fingerprint density at radius 2 is 2.36 bits per heavy atom. The first-order valence-electron chi connectivity index (χ1n) is 3.71. The van der Waals surface area contributed by atoms with Gasteiger partial charge < -0.3 is 10.6 Å². The molecule has 4 nitrogen and oxygen atoms in total. The molecular weight excluding hydrogens is 140 g/mol. The van der Waals surface area contributed by atoms with Crippen LogP contribution in [0, 0.1) is 0 Å². The van der Waals surface area contributed by atoms with Gasteiger partial charge in [0.25, 0.3) is 0 Å². The highest BCUT2D eigenvalue weighted by atomic mass is 15.3. The van der Waals surface area contributed by atoms with Crippen LogP contribution in [0.25, 0.3) is 0 Å². The minimum absolute atomic E-state index is 0.910. The summed E-state index contributed by atoms with van der Waals surface area (Å²) in [6, 6.07) is 1.95. The van der Waals surface area contributed by atoms with Gasteiger partial charge in [0.1, 0.15) is 5.82 Å². The summed E-state index contributed by atoms with van der Waals surface area (Å²) >= 11 is 0. The first kappa shape index (κ1) is 8.07. The molecule has 0 unspecified atom stereocenters. The molecule has 0 aliphatic carbocycles. The molecule has 0 aromatic carbocycles. The van der Waals surface area contributed by atoms with E-state index in [1.54, 1.807) is 4.68 Å². The highest BCUT2D eigenvalue weighted by Gasteiger charge is 1.92. The van der Waals surface area contributed by atoms with Gasteiger partial charge in [0.2, 0.25) is 0 Å². The zero-order chi connectivity index (χ0) is 8.10. The van der Waals surface area contributed by atoms with Crippen molar-refractivity contribution in [3.8, 4) is 0 Å². The standard InChI is InChI=1S/C7H14N4/c1-8-4-5-9-7-3-6-11(2)10-7/h3,6,8H,4-5H2,1-2H3,(H,9,10). The average Bonchev–Trinajstić information content (AvgIpc) is 2.37. The van der Waals surface area contributed by atoms with Gasteiger partial charge in [0.05, 0.1) is 0 Å². The number of likely N-dealkylation sites (N-methyl/N-ethyl adjacent to an activating group) is 1. The number of aryl methyl sites for hydroxylation is 1. The molecule has 1 aromatic rings. The summed E-state index contributed by atoms with van der Waals surface area (Å²) in [7, 11) is 3.84. The second-order valence-electron chi connectivity index (χ2n) is 2.40. The molecule has 0 fully saturated rings. The normalized spacial score (nSPS) is 10.0. The molecule has 62 valence electrons. The maximum atomic E-state index is 4.16. The SMILES string of the molecule is CNCCNc1ccn(C)n1. The van der Waals surface area contributed by atoms with Gasteiger partial charge in [-0.3, -0.25) is 4.68 Å². The highest BCUT2D eigenvalue weighted by Crippen LogP contribution is 1.98. The maximum Gasteiger partial charge on any atom is 0.148 e. The van der Waals surface area contributed by atoms with Crippen molar-refractivity contribution in [3.63, 3.8) is 0 Å². The molecule has 0 saturated heterocycles. The van der Waals surface area contributed by atoms with E-state index in [4.69, 9.17) is 0 Å². The van der Waals surface area contributed by atoms with E-state index < -0.39 is 0 Å². The fourth-order valence-corrected chi connectivity index (χ4v) is 0.825. The molecule has 0 saturated carbocycles. The lowest BCUT2D eigenvalue weighted by atomic mass is 10.5. The number of anilines is 1. The van der Waals surface area contributed by atoms with E-state index in [-0.39, 0.29) is 0 Å². The van der Waals surface area contributed by atoms with Gasteiger partial charge >= 0.3 is 0 Å². The van der Waals surface area contributed by atoms with Crippen molar-refractivity contribution in [3.05, 3.63) is 12.3 Å². The fraction of sp³-hybridized carbons (Fsp3) is 0.571. The van der Waals surface area contributed by atoms with Crippen molar-refractivity contribution >= 4 is 5.82 Å². The Kier molecular flexibility index (Phi) is 2.92. The molecule has 1 aromatic heterocycles. The number of nitrogens with zero attached hydrogens (tertiary/aromatic N) is 2. The van der Waals surface area contributed by atoms with E-state index in [2.05, 4.69) is 15.7 Å². The fourth-order valence-electron chi connectivity index (χ4n) is 0.825. The zero-order valence-electron chi connectivity index (χ0n) is 6.96. The Morgan fingerprint density at radius 1 is 1.55 bits per heavy atom. The van der Waals surface area contributed by atoms with Gasteiger partial charge in [-0.05, 0) is 7.05 Å². The van der Waals surface area contributed by atoms with Crippen LogP contribution in [0.4, 0.5) is 5.82 Å². The topological polar surface area (TPSA) is 41.9 Å². The summed E-state index contributed by atoms with van der Waals surface area (Å²) in [5.41, 5.74) is 0. The minimum atomic E-state index is 0.910. The van der Waals surface area contributed by atoms with Crippen molar-refractivity contribution in [1.29, 1.82) is 0 Å². The zero-order valence-corrected chi connectivity index (χ0v) is 6.96. The molecule has 0 spiro atoms. The largest absolute Gasteiger partial charge is 0.367 e. The van der Waals surface area contributed by atoms with Crippen molar-refractivity contribution < 1.29 is 0 Å². The van der Waals surface area contributed by atoms with Gasteiger partial charge in [-0.15, -0.1) is 0 Å². The summed E-state index contributed by atoms with van der Waals surface area (Å²) in [4.78, 5) is 0. The van der Waals surface area contributed by atoms with Gasteiger partial charge in [-0.25, -0.2) is 0 Å². The number of hydrogen-bond acceptors (Lipinski definition) is 3. The number of nitrogens with one attached hydrogen (secondary N) is 2. The molecule has 0 aliphatic rings. The van der Waals surface area contributed by atoms with Crippen LogP contribution in [-0.4, -0.2) is 29.9 Å². The summed E-state index contributed by atoms with van der Waals surface area (Å²) < 4.78 is 1.78. The van der Waals surface area contributed by atoms with Gasteiger partial charge in [-0.1, -0.05) is 0 Å². The molecule has 2 N–H and O–H groups in total. The van der Waals surface area contributed by atoms with Crippen molar-refractivity contribution in [2.24, 2.45) is 7.05 Å². The van der Waals surface area contributed by atoms with Crippen LogP contribution < -0.4 is 10.6 Å². The molecule has 0 amide bonds. The second kappa shape index (κ2) is 3.98. The van der Waals surface area contributed by atoms with Crippen LogP contribution in [0.3, 0.4) is 0 Å². The van der Waals surface area contributed by atoms with Crippen LogP contribution in [0.5, 0.6) is 0 Å². The van der Waals surface area contributed by atoms with Crippen molar-refractivity contribution in [2.75, 3.05) is 25.5 Å². The predicted molar refractivity (Wildman–Crippen MR) is 45.6 cm³/mol. The third kappa shape index (κ3) is 2.59. The van der Waals surface area contributed by atoms with Crippen LogP contribution >= 0.6 is 0 Å². The lowest BCUT2D eigenvalue weighted by Gasteiger charge is -2.00. The summed E-state index contributed by atoms with van der Waals surface area (Å²) in [6.07, 6.45) is 1.92. The van der Waals surface area contributed by atoms with Crippen molar-refractivity contribution in [1.82, 2.24) is 15.1 Å². The Hall–Kier alpha value is -1.03. The van der Waals surface area contributed by atoms with E-state index in [1.165, 1.54) is 0 Å². The van der Waals surface area contributed by atoms with Crippen LogP contribution in [0.2, 0.25) is 0 Å². The summed E-state index contributed by atoms with van der Waals surface area (Å²) in [5.74, 6) is 0.933. The van der Waals surface area contributed by atoms with E-state index in [9.17, 15) is 0 Å². The van der Waals surface area contributed by atoms with E-state index in [0.717, 1.165) is 18.9 Å².